The fourth-order valence-corrected chi connectivity index (χ4v) is 2.40. The van der Waals surface area contributed by atoms with Crippen LogP contribution in [-0.4, -0.2) is 22.4 Å². The van der Waals surface area contributed by atoms with Crippen molar-refractivity contribution >= 4 is 11.7 Å². The van der Waals surface area contributed by atoms with Gasteiger partial charge in [-0.3, -0.25) is 4.79 Å². The molecule has 1 aromatic heterocycles. The van der Waals surface area contributed by atoms with Crippen molar-refractivity contribution in [3.63, 3.8) is 0 Å². The van der Waals surface area contributed by atoms with E-state index in [2.05, 4.69) is 20.6 Å². The van der Waals surface area contributed by atoms with E-state index in [9.17, 15) is 13.6 Å². The molecule has 138 valence electrons. The van der Waals surface area contributed by atoms with Crippen molar-refractivity contribution in [1.29, 1.82) is 0 Å². The number of aromatic nitrogens is 2. The second kappa shape index (κ2) is 8.84. The molecule has 2 N–H and O–H groups in total. The quantitative estimate of drug-likeness (QED) is 0.671. The fraction of sp³-hybridized carbons (Fsp3) is 0.150. The van der Waals surface area contributed by atoms with Crippen LogP contribution in [0.25, 0.3) is 0 Å². The third-order valence-corrected chi connectivity index (χ3v) is 3.88. The van der Waals surface area contributed by atoms with E-state index in [1.54, 1.807) is 24.3 Å². The highest BCUT2D eigenvalue weighted by molar-refractivity contribution is 5.91. The first kappa shape index (κ1) is 18.4. The minimum atomic E-state index is -0.357. The Hall–Kier alpha value is -3.35. The van der Waals surface area contributed by atoms with Crippen LogP contribution in [0.2, 0.25) is 0 Å². The Morgan fingerprint density at radius 3 is 2.07 bits per heavy atom. The molecular weight excluding hydrogens is 350 g/mol. The number of carbonyl (C=O) groups is 1. The van der Waals surface area contributed by atoms with Crippen LogP contribution in [-0.2, 0) is 13.0 Å². The van der Waals surface area contributed by atoms with Crippen LogP contribution in [0.4, 0.5) is 14.6 Å². The third kappa shape index (κ3) is 5.57. The van der Waals surface area contributed by atoms with Crippen LogP contribution in [0.5, 0.6) is 0 Å². The molecule has 0 saturated heterocycles. The van der Waals surface area contributed by atoms with E-state index >= 15 is 0 Å². The molecule has 3 aromatic rings. The van der Waals surface area contributed by atoms with Gasteiger partial charge in [0.25, 0.3) is 5.91 Å². The lowest BCUT2D eigenvalue weighted by molar-refractivity contribution is 0.0945. The average molecular weight is 368 g/mol. The maximum absolute atomic E-state index is 12.9. The van der Waals surface area contributed by atoms with Crippen LogP contribution in [0.1, 0.15) is 21.6 Å². The molecule has 1 amide bonds. The molecule has 27 heavy (non-hydrogen) atoms. The van der Waals surface area contributed by atoms with Gasteiger partial charge in [0, 0.05) is 13.1 Å². The van der Waals surface area contributed by atoms with Gasteiger partial charge in [0.15, 0.2) is 0 Å². The van der Waals surface area contributed by atoms with Gasteiger partial charge < -0.3 is 10.6 Å². The summed E-state index contributed by atoms with van der Waals surface area (Å²) < 4.78 is 25.7. The Morgan fingerprint density at radius 2 is 1.48 bits per heavy atom. The normalized spacial score (nSPS) is 10.4. The first-order valence-electron chi connectivity index (χ1n) is 8.43. The van der Waals surface area contributed by atoms with E-state index in [1.165, 1.54) is 36.7 Å². The Bertz CT molecular complexity index is 881. The fourth-order valence-electron chi connectivity index (χ4n) is 2.40. The summed E-state index contributed by atoms with van der Waals surface area (Å²) in [7, 11) is 0. The summed E-state index contributed by atoms with van der Waals surface area (Å²) in [6, 6.07) is 12.2. The number of anilines is 1. The monoisotopic (exact) mass is 368 g/mol. The Kier molecular flexibility index (Phi) is 6.04. The summed E-state index contributed by atoms with van der Waals surface area (Å²) in [4.78, 5) is 20.3. The molecule has 0 aliphatic carbocycles. The standard InChI is InChI=1S/C20H18F2N4O/c21-16-5-1-14(2-6-16)9-10-23-19-13-24-18(12-25-19)20(27)26-11-15-3-7-17(22)8-4-15/h1-8,12-13H,9-11H2,(H,23,25)(H,26,27). The van der Waals surface area contributed by atoms with E-state index < -0.39 is 0 Å². The van der Waals surface area contributed by atoms with Gasteiger partial charge in [0.1, 0.15) is 23.1 Å². The SMILES string of the molecule is O=C(NCc1ccc(F)cc1)c1cnc(NCCc2ccc(F)cc2)cn1. The topological polar surface area (TPSA) is 66.9 Å². The number of carbonyl (C=O) groups excluding carboxylic acids is 1. The molecule has 2 aromatic carbocycles. The van der Waals surface area contributed by atoms with Crippen molar-refractivity contribution in [2.24, 2.45) is 0 Å². The van der Waals surface area contributed by atoms with Crippen molar-refractivity contribution in [1.82, 2.24) is 15.3 Å². The molecule has 0 fully saturated rings. The summed E-state index contributed by atoms with van der Waals surface area (Å²) in [6.07, 6.45) is 3.58. The van der Waals surface area contributed by atoms with Crippen molar-refractivity contribution in [3.05, 3.63) is 89.4 Å². The van der Waals surface area contributed by atoms with Gasteiger partial charge in [-0.2, -0.15) is 0 Å². The number of benzene rings is 2. The zero-order chi connectivity index (χ0) is 19.1. The zero-order valence-electron chi connectivity index (χ0n) is 14.5. The molecule has 5 nitrogen and oxygen atoms in total. The molecule has 7 heteroatoms. The highest BCUT2D eigenvalue weighted by Crippen LogP contribution is 2.06. The predicted octanol–water partition coefficient (Wildman–Crippen LogP) is 3.34. The molecule has 3 rings (SSSR count). The minimum Gasteiger partial charge on any atom is -0.368 e. The molecule has 0 aliphatic heterocycles. The van der Waals surface area contributed by atoms with E-state index in [0.717, 1.165) is 11.1 Å². The second-order valence-electron chi connectivity index (χ2n) is 5.90. The summed E-state index contributed by atoms with van der Waals surface area (Å²) in [5.41, 5.74) is 1.99. The Morgan fingerprint density at radius 1 is 0.852 bits per heavy atom. The number of nitrogens with zero attached hydrogens (tertiary/aromatic N) is 2. The highest BCUT2D eigenvalue weighted by atomic mass is 19.1. The van der Waals surface area contributed by atoms with Crippen molar-refractivity contribution in [2.45, 2.75) is 13.0 Å². The van der Waals surface area contributed by atoms with Gasteiger partial charge >= 0.3 is 0 Å². The molecule has 0 saturated carbocycles. The molecule has 0 aliphatic rings. The third-order valence-electron chi connectivity index (χ3n) is 3.88. The maximum Gasteiger partial charge on any atom is 0.271 e. The van der Waals surface area contributed by atoms with Gasteiger partial charge in [0.05, 0.1) is 12.4 Å². The number of hydrogen-bond donors (Lipinski definition) is 2. The molecule has 0 spiro atoms. The Balaban J connectivity index is 1.46. The van der Waals surface area contributed by atoms with E-state index in [-0.39, 0.29) is 29.8 Å². The van der Waals surface area contributed by atoms with Crippen molar-refractivity contribution < 1.29 is 13.6 Å². The van der Waals surface area contributed by atoms with Gasteiger partial charge in [-0.25, -0.2) is 18.7 Å². The predicted molar refractivity (Wildman–Crippen MR) is 98.2 cm³/mol. The van der Waals surface area contributed by atoms with Crippen LogP contribution >= 0.6 is 0 Å². The van der Waals surface area contributed by atoms with E-state index in [0.29, 0.717) is 18.8 Å². The van der Waals surface area contributed by atoms with Crippen LogP contribution in [0.3, 0.4) is 0 Å². The van der Waals surface area contributed by atoms with Crippen LogP contribution < -0.4 is 10.6 Å². The van der Waals surface area contributed by atoms with Gasteiger partial charge in [-0.1, -0.05) is 24.3 Å². The molecule has 0 bridgehead atoms. The lowest BCUT2D eigenvalue weighted by Crippen LogP contribution is -2.24. The average Bonchev–Trinajstić information content (AvgIpc) is 2.69. The smallest absolute Gasteiger partial charge is 0.271 e. The minimum absolute atomic E-state index is 0.196. The first-order valence-corrected chi connectivity index (χ1v) is 8.43. The van der Waals surface area contributed by atoms with E-state index in [4.69, 9.17) is 0 Å². The Labute approximate surface area is 155 Å². The molecule has 1 heterocycles. The molecular formula is C20H18F2N4O. The zero-order valence-corrected chi connectivity index (χ0v) is 14.5. The number of rotatable bonds is 7. The lowest BCUT2D eigenvalue weighted by Gasteiger charge is -2.07. The molecule has 0 unspecified atom stereocenters. The molecule has 0 atom stereocenters. The van der Waals surface area contributed by atoms with Crippen LogP contribution in [0.15, 0.2) is 60.9 Å². The summed E-state index contributed by atoms with van der Waals surface area (Å²) in [5, 5.41) is 5.81. The van der Waals surface area contributed by atoms with E-state index in [1.807, 2.05) is 0 Å². The largest absolute Gasteiger partial charge is 0.368 e. The van der Waals surface area contributed by atoms with Crippen LogP contribution in [0, 0.1) is 11.6 Å². The summed E-state index contributed by atoms with van der Waals surface area (Å²) >= 11 is 0. The van der Waals surface area contributed by atoms with Gasteiger partial charge in [0.2, 0.25) is 0 Å². The van der Waals surface area contributed by atoms with Gasteiger partial charge in [-0.15, -0.1) is 0 Å². The number of amides is 1. The number of nitrogens with one attached hydrogen (secondary N) is 2. The highest BCUT2D eigenvalue weighted by Gasteiger charge is 2.08. The summed E-state index contributed by atoms with van der Waals surface area (Å²) in [6.45, 7) is 0.884. The van der Waals surface area contributed by atoms with Gasteiger partial charge in [-0.05, 0) is 41.8 Å². The van der Waals surface area contributed by atoms with Crippen molar-refractivity contribution in [2.75, 3.05) is 11.9 Å². The summed E-state index contributed by atoms with van der Waals surface area (Å²) in [5.74, 6) is -0.388. The molecule has 0 radical (unpaired) electrons. The first-order chi connectivity index (χ1) is 13.1. The lowest BCUT2D eigenvalue weighted by atomic mass is 10.1. The number of hydrogen-bond acceptors (Lipinski definition) is 4. The number of halogens is 2. The maximum atomic E-state index is 12.9. The van der Waals surface area contributed by atoms with Crippen molar-refractivity contribution in [3.8, 4) is 0 Å². The second-order valence-corrected chi connectivity index (χ2v) is 5.90.